The minimum Gasteiger partial charge on any atom is -0.298 e. The lowest BCUT2D eigenvalue weighted by Crippen LogP contribution is -2.62. The van der Waals surface area contributed by atoms with Crippen molar-refractivity contribution in [3.8, 4) is 0 Å². The highest BCUT2D eigenvalue weighted by Gasteiger charge is 2.35. The summed E-state index contributed by atoms with van der Waals surface area (Å²) >= 11 is 0. The van der Waals surface area contributed by atoms with Gasteiger partial charge in [0.25, 0.3) is 0 Å². The molecule has 2 heteroatoms. The van der Waals surface area contributed by atoms with Gasteiger partial charge in [0.1, 0.15) is 0 Å². The predicted molar refractivity (Wildman–Crippen MR) is 53.4 cm³/mol. The number of hydrogen-bond acceptors (Lipinski definition) is 2. The summed E-state index contributed by atoms with van der Waals surface area (Å²) in [5, 5.41) is 0. The summed E-state index contributed by atoms with van der Waals surface area (Å²) < 4.78 is 0. The molecule has 0 aromatic heterocycles. The van der Waals surface area contributed by atoms with Gasteiger partial charge in [0.2, 0.25) is 0 Å². The molecule has 1 aliphatic heterocycles. The number of rotatable bonds is 0. The maximum Gasteiger partial charge on any atom is 0.0221 e. The maximum atomic E-state index is 2.48. The Bertz CT molecular complexity index is 99.4. The molecular weight excluding hydrogens is 148 g/mol. The average Bonchev–Trinajstić information content (AvgIpc) is 2.08. The molecule has 0 radical (unpaired) electrons. The van der Waals surface area contributed by atoms with Crippen LogP contribution in [0.1, 0.15) is 27.7 Å². The molecule has 0 bridgehead atoms. The first-order valence-electron chi connectivity index (χ1n) is 4.90. The Morgan fingerprint density at radius 2 is 0.750 bits per heavy atom. The van der Waals surface area contributed by atoms with Gasteiger partial charge in [-0.25, -0.2) is 0 Å². The molecule has 0 saturated carbocycles. The highest BCUT2D eigenvalue weighted by Crippen LogP contribution is 2.23. The molecule has 1 fully saturated rings. The molecular formula is C10H22N2. The van der Waals surface area contributed by atoms with Crippen molar-refractivity contribution < 1.29 is 0 Å². The first-order valence-corrected chi connectivity index (χ1v) is 4.90. The number of piperazine rings is 1. The van der Waals surface area contributed by atoms with Gasteiger partial charge in [0, 0.05) is 24.2 Å². The van der Waals surface area contributed by atoms with Crippen LogP contribution in [0.3, 0.4) is 0 Å². The highest BCUT2D eigenvalue weighted by atomic mass is 15.3. The number of nitrogens with zero attached hydrogens (tertiary/aromatic N) is 2. The van der Waals surface area contributed by atoms with Crippen LogP contribution in [0.4, 0.5) is 0 Å². The minimum atomic E-state index is 0.668. The van der Waals surface area contributed by atoms with E-state index >= 15 is 0 Å². The van der Waals surface area contributed by atoms with Gasteiger partial charge in [-0.2, -0.15) is 0 Å². The lowest BCUT2D eigenvalue weighted by molar-refractivity contribution is -0.00949. The van der Waals surface area contributed by atoms with Crippen molar-refractivity contribution in [1.82, 2.24) is 9.80 Å². The van der Waals surface area contributed by atoms with E-state index in [2.05, 4.69) is 51.6 Å². The zero-order chi connectivity index (χ0) is 9.46. The Labute approximate surface area is 76.5 Å². The third-order valence-electron chi connectivity index (χ3n) is 3.97. The van der Waals surface area contributed by atoms with Gasteiger partial charge in [-0.15, -0.1) is 0 Å². The van der Waals surface area contributed by atoms with Gasteiger partial charge in [-0.05, 0) is 41.8 Å². The number of hydrogen-bond donors (Lipinski definition) is 0. The third-order valence-corrected chi connectivity index (χ3v) is 3.97. The molecule has 1 aliphatic rings. The smallest absolute Gasteiger partial charge is 0.0221 e. The molecule has 0 aromatic carbocycles. The van der Waals surface area contributed by atoms with Gasteiger partial charge in [0.15, 0.2) is 0 Å². The molecule has 1 heterocycles. The Morgan fingerprint density at radius 3 is 0.917 bits per heavy atom. The second-order valence-corrected chi connectivity index (χ2v) is 4.29. The lowest BCUT2D eigenvalue weighted by Gasteiger charge is -2.50. The quantitative estimate of drug-likeness (QED) is 0.542. The fourth-order valence-electron chi connectivity index (χ4n) is 2.10. The Hall–Kier alpha value is -0.0800. The van der Waals surface area contributed by atoms with E-state index in [0.29, 0.717) is 24.2 Å². The SMILES string of the molecule is C[C@@H]1[C@@H](C)N(C)[C@@H](C)[C@H](C)N1C. The number of likely N-dealkylation sites (N-methyl/N-ethyl adjacent to an activating group) is 2. The van der Waals surface area contributed by atoms with Crippen LogP contribution in [0, 0.1) is 0 Å². The summed E-state index contributed by atoms with van der Waals surface area (Å²) in [4.78, 5) is 4.96. The first kappa shape index (κ1) is 10.0. The summed E-state index contributed by atoms with van der Waals surface area (Å²) in [7, 11) is 4.46. The second-order valence-electron chi connectivity index (χ2n) is 4.29. The molecule has 4 atom stereocenters. The van der Waals surface area contributed by atoms with Crippen molar-refractivity contribution in [2.45, 2.75) is 51.9 Å². The van der Waals surface area contributed by atoms with Crippen LogP contribution >= 0.6 is 0 Å². The van der Waals surface area contributed by atoms with Gasteiger partial charge in [-0.3, -0.25) is 9.80 Å². The van der Waals surface area contributed by atoms with Crippen molar-refractivity contribution in [2.24, 2.45) is 0 Å². The fourth-order valence-corrected chi connectivity index (χ4v) is 2.10. The Morgan fingerprint density at radius 1 is 0.583 bits per heavy atom. The predicted octanol–water partition coefficient (Wildman–Crippen LogP) is 1.42. The molecule has 72 valence electrons. The standard InChI is InChI=1S/C10H22N2/c1-7-8(2)12(6)10(4)9(3)11(7)5/h7-10H,1-6H3/t7-,8-,9+,10+. The van der Waals surface area contributed by atoms with Gasteiger partial charge in [-0.1, -0.05) is 0 Å². The molecule has 0 amide bonds. The zero-order valence-corrected chi connectivity index (χ0v) is 9.20. The fraction of sp³-hybridized carbons (Fsp3) is 1.00. The van der Waals surface area contributed by atoms with Crippen molar-refractivity contribution in [3.63, 3.8) is 0 Å². The molecule has 12 heavy (non-hydrogen) atoms. The molecule has 0 N–H and O–H groups in total. The monoisotopic (exact) mass is 170 g/mol. The summed E-state index contributed by atoms with van der Waals surface area (Å²) in [5.41, 5.74) is 0. The van der Waals surface area contributed by atoms with E-state index in [1.165, 1.54) is 0 Å². The topological polar surface area (TPSA) is 6.48 Å². The van der Waals surface area contributed by atoms with E-state index in [9.17, 15) is 0 Å². The molecule has 0 unspecified atom stereocenters. The van der Waals surface area contributed by atoms with Gasteiger partial charge >= 0.3 is 0 Å². The first-order chi connectivity index (χ1) is 5.46. The summed E-state index contributed by atoms with van der Waals surface area (Å²) in [6.07, 6.45) is 0. The van der Waals surface area contributed by atoms with Crippen LogP contribution in [0.25, 0.3) is 0 Å². The molecule has 1 rings (SSSR count). The molecule has 0 aliphatic carbocycles. The van der Waals surface area contributed by atoms with Crippen molar-refractivity contribution >= 4 is 0 Å². The van der Waals surface area contributed by atoms with E-state index < -0.39 is 0 Å². The maximum absolute atomic E-state index is 2.48. The van der Waals surface area contributed by atoms with Crippen molar-refractivity contribution in [2.75, 3.05) is 14.1 Å². The normalized spacial score (nSPS) is 46.5. The van der Waals surface area contributed by atoms with Crippen molar-refractivity contribution in [3.05, 3.63) is 0 Å². The third kappa shape index (κ3) is 1.38. The Kier molecular flexibility index (Phi) is 2.79. The van der Waals surface area contributed by atoms with Crippen LogP contribution in [0.5, 0.6) is 0 Å². The molecule has 0 spiro atoms. The van der Waals surface area contributed by atoms with E-state index in [0.717, 1.165) is 0 Å². The molecule has 1 saturated heterocycles. The van der Waals surface area contributed by atoms with Crippen LogP contribution in [-0.2, 0) is 0 Å². The lowest BCUT2D eigenvalue weighted by atomic mass is 9.96. The zero-order valence-electron chi connectivity index (χ0n) is 9.20. The van der Waals surface area contributed by atoms with E-state index in [-0.39, 0.29) is 0 Å². The minimum absolute atomic E-state index is 0.668. The van der Waals surface area contributed by atoms with Gasteiger partial charge < -0.3 is 0 Å². The van der Waals surface area contributed by atoms with Crippen LogP contribution in [0.2, 0.25) is 0 Å². The summed E-state index contributed by atoms with van der Waals surface area (Å²) in [6.45, 7) is 9.24. The van der Waals surface area contributed by atoms with E-state index in [4.69, 9.17) is 0 Å². The second kappa shape index (κ2) is 3.35. The Balaban J connectivity index is 2.76. The average molecular weight is 170 g/mol. The summed E-state index contributed by atoms with van der Waals surface area (Å²) in [6, 6.07) is 2.67. The van der Waals surface area contributed by atoms with Gasteiger partial charge in [0.05, 0.1) is 0 Å². The summed E-state index contributed by atoms with van der Waals surface area (Å²) in [5.74, 6) is 0. The highest BCUT2D eigenvalue weighted by molar-refractivity contribution is 4.92. The molecule has 2 nitrogen and oxygen atoms in total. The van der Waals surface area contributed by atoms with Crippen LogP contribution in [0.15, 0.2) is 0 Å². The van der Waals surface area contributed by atoms with E-state index in [1.807, 2.05) is 0 Å². The molecule has 0 aromatic rings. The van der Waals surface area contributed by atoms with Crippen LogP contribution in [-0.4, -0.2) is 48.1 Å². The van der Waals surface area contributed by atoms with E-state index in [1.54, 1.807) is 0 Å². The van der Waals surface area contributed by atoms with Crippen LogP contribution < -0.4 is 0 Å². The van der Waals surface area contributed by atoms with Crippen molar-refractivity contribution in [1.29, 1.82) is 0 Å². The largest absolute Gasteiger partial charge is 0.298 e.